The monoisotopic (exact) mass is 379 g/mol. The first kappa shape index (κ1) is 17.3. The number of pyridine rings is 1. The van der Waals surface area contributed by atoms with E-state index in [4.69, 9.17) is 10.5 Å². The maximum absolute atomic E-state index is 14.7. The normalized spacial score (nSPS) is 16.5. The Morgan fingerprint density at radius 1 is 1.30 bits per heavy atom. The molecule has 1 unspecified atom stereocenters. The van der Waals surface area contributed by atoms with Gasteiger partial charge in [0.05, 0.1) is 12.0 Å². The lowest BCUT2D eigenvalue weighted by Crippen LogP contribution is -2.41. The van der Waals surface area contributed by atoms with Crippen molar-refractivity contribution in [2.24, 2.45) is 13.0 Å². The second-order valence-electron chi connectivity index (χ2n) is 6.36. The summed E-state index contributed by atoms with van der Waals surface area (Å²) in [6.07, 6.45) is 0.174. The third-order valence-corrected chi connectivity index (χ3v) is 4.29. The standard InChI is InChI=1S/C16H16F3N7O/c1-26-7-23-13-9(24-11-5-10(20)21-6-22-11)4-12(25-14(13)26)27-16(19,15(17)18)8-2-3-8/h4-8,15H,2-3H2,1H3,(H3,20,21,22,24,25). The second-order valence-corrected chi connectivity index (χ2v) is 6.36. The number of imidazole rings is 1. The number of ether oxygens (including phenoxy) is 1. The summed E-state index contributed by atoms with van der Waals surface area (Å²) in [6.45, 7) is 0. The van der Waals surface area contributed by atoms with Crippen LogP contribution >= 0.6 is 0 Å². The van der Waals surface area contributed by atoms with Gasteiger partial charge in [0.15, 0.2) is 5.65 Å². The van der Waals surface area contributed by atoms with Gasteiger partial charge in [0.1, 0.15) is 23.5 Å². The third kappa shape index (κ3) is 3.20. The van der Waals surface area contributed by atoms with Crippen molar-refractivity contribution in [3.8, 4) is 5.88 Å². The van der Waals surface area contributed by atoms with Gasteiger partial charge >= 0.3 is 12.3 Å². The number of nitrogens with two attached hydrogens (primary N) is 1. The van der Waals surface area contributed by atoms with Crippen molar-refractivity contribution in [3.63, 3.8) is 0 Å². The van der Waals surface area contributed by atoms with Crippen LogP contribution in [0.2, 0.25) is 0 Å². The minimum atomic E-state index is -3.29. The number of nitrogen functional groups attached to an aromatic ring is 1. The Bertz CT molecular complexity index is 987. The third-order valence-electron chi connectivity index (χ3n) is 4.29. The van der Waals surface area contributed by atoms with Gasteiger partial charge in [-0.3, -0.25) is 0 Å². The number of nitrogens with one attached hydrogen (secondary N) is 1. The number of rotatable bonds is 6. The van der Waals surface area contributed by atoms with Crippen LogP contribution in [0.3, 0.4) is 0 Å². The van der Waals surface area contributed by atoms with E-state index in [1.807, 2.05) is 0 Å². The van der Waals surface area contributed by atoms with Crippen molar-refractivity contribution < 1.29 is 17.9 Å². The molecule has 3 N–H and O–H groups in total. The Balaban J connectivity index is 1.75. The van der Waals surface area contributed by atoms with Crippen LogP contribution in [0.25, 0.3) is 11.2 Å². The highest BCUT2D eigenvalue weighted by molar-refractivity contribution is 5.88. The van der Waals surface area contributed by atoms with Gasteiger partial charge in [-0.05, 0) is 12.8 Å². The van der Waals surface area contributed by atoms with Gasteiger partial charge in [-0.25, -0.2) is 23.7 Å². The molecule has 0 aliphatic heterocycles. The van der Waals surface area contributed by atoms with Crippen molar-refractivity contribution in [2.75, 3.05) is 11.1 Å². The number of aryl methyl sites for hydroxylation is 1. The van der Waals surface area contributed by atoms with Crippen LogP contribution in [0.15, 0.2) is 24.8 Å². The largest absolute Gasteiger partial charge is 0.434 e. The van der Waals surface area contributed by atoms with Gasteiger partial charge < -0.3 is 20.4 Å². The summed E-state index contributed by atoms with van der Waals surface area (Å²) in [5, 5.41) is 2.96. The van der Waals surface area contributed by atoms with Crippen molar-refractivity contribution in [3.05, 3.63) is 24.8 Å². The summed E-state index contributed by atoms with van der Waals surface area (Å²) in [5.74, 6) is -3.60. The van der Waals surface area contributed by atoms with Crippen LogP contribution in [0.1, 0.15) is 12.8 Å². The van der Waals surface area contributed by atoms with Crippen LogP contribution in [0, 0.1) is 5.92 Å². The summed E-state index contributed by atoms with van der Waals surface area (Å²) >= 11 is 0. The fraction of sp³-hybridized carbons (Fsp3) is 0.375. The van der Waals surface area contributed by atoms with E-state index in [1.54, 1.807) is 11.6 Å². The van der Waals surface area contributed by atoms with Crippen LogP contribution in [-0.4, -0.2) is 36.8 Å². The summed E-state index contributed by atoms with van der Waals surface area (Å²) in [4.78, 5) is 16.2. The van der Waals surface area contributed by atoms with Gasteiger partial charge in [0, 0.05) is 25.1 Å². The number of fused-ring (bicyclic) bond motifs is 1. The van der Waals surface area contributed by atoms with Crippen molar-refractivity contribution in [1.82, 2.24) is 24.5 Å². The average Bonchev–Trinajstić information content (AvgIpc) is 3.40. The predicted molar refractivity (Wildman–Crippen MR) is 91.4 cm³/mol. The number of hydrogen-bond donors (Lipinski definition) is 2. The molecule has 8 nitrogen and oxygen atoms in total. The van der Waals surface area contributed by atoms with Crippen LogP contribution in [0.5, 0.6) is 5.88 Å². The maximum atomic E-state index is 14.7. The highest BCUT2D eigenvalue weighted by Crippen LogP contribution is 2.46. The van der Waals surface area contributed by atoms with Gasteiger partial charge in [0.25, 0.3) is 0 Å². The Kier molecular flexibility index (Phi) is 4.01. The molecule has 27 heavy (non-hydrogen) atoms. The van der Waals surface area contributed by atoms with Crippen molar-refractivity contribution in [2.45, 2.75) is 25.1 Å². The zero-order valence-corrected chi connectivity index (χ0v) is 14.2. The summed E-state index contributed by atoms with van der Waals surface area (Å²) < 4.78 is 47.9. The lowest BCUT2D eigenvalue weighted by molar-refractivity contribution is -0.182. The van der Waals surface area contributed by atoms with Gasteiger partial charge in [0.2, 0.25) is 5.88 Å². The number of alkyl halides is 3. The summed E-state index contributed by atoms with van der Waals surface area (Å²) in [6, 6.07) is 2.80. The molecule has 0 saturated heterocycles. The molecule has 0 aromatic carbocycles. The van der Waals surface area contributed by atoms with E-state index in [0.717, 1.165) is 0 Å². The van der Waals surface area contributed by atoms with Gasteiger partial charge in [-0.15, -0.1) is 0 Å². The van der Waals surface area contributed by atoms with Crippen molar-refractivity contribution in [1.29, 1.82) is 0 Å². The Morgan fingerprint density at radius 3 is 2.74 bits per heavy atom. The molecule has 11 heteroatoms. The average molecular weight is 379 g/mol. The minimum Gasteiger partial charge on any atom is -0.434 e. The topological polar surface area (TPSA) is 104 Å². The molecule has 3 aromatic rings. The Labute approximate surface area is 151 Å². The van der Waals surface area contributed by atoms with Crippen LogP contribution in [0.4, 0.5) is 30.5 Å². The molecular formula is C16H16F3N7O. The molecule has 1 fully saturated rings. The molecular weight excluding hydrogens is 363 g/mol. The number of hydrogen-bond acceptors (Lipinski definition) is 7. The van der Waals surface area contributed by atoms with E-state index < -0.39 is 18.2 Å². The first-order valence-corrected chi connectivity index (χ1v) is 8.19. The Morgan fingerprint density at radius 2 is 2.07 bits per heavy atom. The SMILES string of the molecule is Cn1cnc2c(Nc3cc(N)ncn3)cc(OC(F)(C(F)F)C3CC3)nc21. The smallest absolute Gasteiger partial charge is 0.312 e. The summed E-state index contributed by atoms with van der Waals surface area (Å²) in [5.41, 5.74) is 6.77. The molecule has 142 valence electrons. The lowest BCUT2D eigenvalue weighted by atomic mass is 10.2. The van der Waals surface area contributed by atoms with E-state index >= 15 is 0 Å². The van der Waals surface area contributed by atoms with E-state index in [9.17, 15) is 13.2 Å². The summed E-state index contributed by atoms with van der Waals surface area (Å²) in [7, 11) is 1.68. The lowest BCUT2D eigenvalue weighted by Gasteiger charge is -2.25. The first-order chi connectivity index (χ1) is 12.9. The highest BCUT2D eigenvalue weighted by atomic mass is 19.3. The van der Waals surface area contributed by atoms with E-state index in [2.05, 4.69) is 25.3 Å². The minimum absolute atomic E-state index is 0.240. The maximum Gasteiger partial charge on any atom is 0.312 e. The molecule has 0 amide bonds. The van der Waals surface area contributed by atoms with Crippen LogP contribution in [-0.2, 0) is 7.05 Å². The number of aromatic nitrogens is 5. The zero-order chi connectivity index (χ0) is 19.2. The van der Waals surface area contributed by atoms with E-state index in [1.165, 1.54) is 24.8 Å². The van der Waals surface area contributed by atoms with Gasteiger partial charge in [-0.2, -0.15) is 9.37 Å². The molecule has 3 aromatic heterocycles. The predicted octanol–water partition coefficient (Wildman–Crippen LogP) is 2.80. The van der Waals surface area contributed by atoms with Crippen LogP contribution < -0.4 is 15.8 Å². The molecule has 4 rings (SSSR count). The van der Waals surface area contributed by atoms with Crippen molar-refractivity contribution >= 4 is 28.5 Å². The van der Waals surface area contributed by atoms with Gasteiger partial charge in [-0.1, -0.05) is 0 Å². The molecule has 1 aliphatic rings. The molecule has 1 saturated carbocycles. The highest BCUT2D eigenvalue weighted by Gasteiger charge is 2.56. The first-order valence-electron chi connectivity index (χ1n) is 8.19. The molecule has 1 atom stereocenters. The molecule has 0 radical (unpaired) electrons. The zero-order valence-electron chi connectivity index (χ0n) is 14.2. The molecule has 1 aliphatic carbocycles. The second kappa shape index (κ2) is 6.25. The van der Waals surface area contributed by atoms with E-state index in [0.29, 0.717) is 35.5 Å². The fourth-order valence-electron chi connectivity index (χ4n) is 2.74. The molecule has 3 heterocycles. The molecule has 0 bridgehead atoms. The number of anilines is 3. The Hall–Kier alpha value is -3.11. The number of nitrogens with zero attached hydrogens (tertiary/aromatic N) is 5. The molecule has 0 spiro atoms. The number of halogens is 3. The quantitative estimate of drug-likeness (QED) is 0.679. The van der Waals surface area contributed by atoms with E-state index in [-0.39, 0.29) is 11.7 Å². The fourth-order valence-corrected chi connectivity index (χ4v) is 2.74.